The summed E-state index contributed by atoms with van der Waals surface area (Å²) >= 11 is 0. The van der Waals surface area contributed by atoms with Crippen LogP contribution in [0.25, 0.3) is 95.4 Å². The van der Waals surface area contributed by atoms with Crippen LogP contribution in [0, 0.1) is 0 Å². The number of benzene rings is 9. The maximum absolute atomic E-state index is 5.31. The van der Waals surface area contributed by atoms with E-state index in [1.54, 1.807) is 0 Å². The fourth-order valence-electron chi connectivity index (χ4n) is 10.9. The molecule has 12 aromatic rings. The first-order valence-corrected chi connectivity index (χ1v) is 28.1. The van der Waals surface area contributed by atoms with E-state index >= 15 is 0 Å². The molecule has 0 fully saturated rings. The second-order valence-electron chi connectivity index (χ2n) is 19.7. The van der Waals surface area contributed by atoms with Crippen molar-refractivity contribution >= 4 is 35.1 Å². The van der Waals surface area contributed by atoms with Gasteiger partial charge in [0.2, 0.25) is 0 Å². The second kappa shape index (κ2) is 17.2. The summed E-state index contributed by atoms with van der Waals surface area (Å²) in [5.74, 6) is 2.43. The van der Waals surface area contributed by atoms with Crippen molar-refractivity contribution in [3.05, 3.63) is 259 Å². The maximum atomic E-state index is 5.31. The van der Waals surface area contributed by atoms with E-state index in [-0.39, 0.29) is 0 Å². The lowest BCUT2D eigenvalue weighted by molar-refractivity contribution is 0.769. The average molecular weight is 941 g/mol. The molecule has 0 aliphatic heterocycles. The van der Waals surface area contributed by atoms with Crippen molar-refractivity contribution in [3.63, 3.8) is 0 Å². The Morgan fingerprint density at radius 3 is 1.60 bits per heavy atom. The van der Waals surface area contributed by atoms with Crippen molar-refractivity contribution in [2.45, 2.75) is 25.1 Å². The molecule has 3 aromatic heterocycles. The molecule has 0 saturated carbocycles. The van der Waals surface area contributed by atoms with Gasteiger partial charge in [0.25, 0.3) is 0 Å². The third-order valence-corrected chi connectivity index (χ3v) is 16.4. The van der Waals surface area contributed by atoms with E-state index in [1.807, 2.05) is 42.6 Å². The molecule has 9 aromatic carbocycles. The molecular weight excluding hydrogens is 893 g/mol. The number of rotatable bonds is 9. The zero-order valence-corrected chi connectivity index (χ0v) is 41.2. The normalized spacial score (nSPS) is 12.8. The minimum absolute atomic E-state index is 0.543. The first-order chi connectivity index (χ1) is 35.3. The van der Waals surface area contributed by atoms with Crippen molar-refractivity contribution < 1.29 is 0 Å². The molecule has 0 radical (unpaired) electrons. The van der Waals surface area contributed by atoms with E-state index in [4.69, 9.17) is 24.9 Å². The van der Waals surface area contributed by atoms with Gasteiger partial charge in [0.1, 0.15) is 0 Å². The molecular formula is C65H48N6Si. The Morgan fingerprint density at radius 1 is 0.375 bits per heavy atom. The highest BCUT2D eigenvalue weighted by Gasteiger charge is 2.47. The Balaban J connectivity index is 0.922. The van der Waals surface area contributed by atoms with Crippen LogP contribution in [0.15, 0.2) is 237 Å². The summed E-state index contributed by atoms with van der Waals surface area (Å²) < 4.78 is 2.32. The largest absolute Gasteiger partial charge is 0.309 e. The molecule has 0 N–H and O–H groups in total. The molecule has 0 amide bonds. The van der Waals surface area contributed by atoms with Crippen LogP contribution in [0.2, 0.25) is 19.6 Å². The summed E-state index contributed by atoms with van der Waals surface area (Å²) in [6.45, 7) is 7.29. The molecule has 1 aliphatic rings. The van der Waals surface area contributed by atoms with E-state index in [0.29, 0.717) is 23.3 Å². The van der Waals surface area contributed by atoms with E-state index < -0.39 is 13.5 Å². The second-order valence-corrected chi connectivity index (χ2v) is 24.8. The molecule has 7 heteroatoms. The van der Waals surface area contributed by atoms with Crippen LogP contribution < -0.4 is 5.19 Å². The van der Waals surface area contributed by atoms with Gasteiger partial charge in [-0.2, -0.15) is 0 Å². The molecule has 342 valence electrons. The van der Waals surface area contributed by atoms with Gasteiger partial charge in [-0.05, 0) is 75.8 Å². The first kappa shape index (κ1) is 43.1. The molecule has 0 bridgehead atoms. The molecule has 1 aliphatic carbocycles. The first-order valence-electron chi connectivity index (χ1n) is 24.6. The number of nitrogens with zero attached hydrogens (tertiary/aromatic N) is 6. The van der Waals surface area contributed by atoms with Gasteiger partial charge in [-0.1, -0.05) is 213 Å². The molecule has 72 heavy (non-hydrogen) atoms. The van der Waals surface area contributed by atoms with Crippen molar-refractivity contribution in [1.82, 2.24) is 29.5 Å². The third kappa shape index (κ3) is 7.19. The maximum Gasteiger partial charge on any atom is 0.164 e. The summed E-state index contributed by atoms with van der Waals surface area (Å²) in [7, 11) is -1.67. The molecule has 0 spiro atoms. The van der Waals surface area contributed by atoms with Crippen LogP contribution in [0.3, 0.4) is 0 Å². The summed E-state index contributed by atoms with van der Waals surface area (Å²) in [6, 6.07) is 82.1. The highest BCUT2D eigenvalue weighted by molar-refractivity contribution is 6.88. The molecule has 0 unspecified atom stereocenters. The van der Waals surface area contributed by atoms with Gasteiger partial charge in [-0.15, -0.1) is 0 Å². The minimum atomic E-state index is -1.67. The number of hydrogen-bond donors (Lipinski definition) is 0. The van der Waals surface area contributed by atoms with Crippen LogP contribution in [0.1, 0.15) is 22.3 Å². The summed E-state index contributed by atoms with van der Waals surface area (Å²) in [5.41, 5.74) is 15.7. The van der Waals surface area contributed by atoms with Crippen molar-refractivity contribution in [2.75, 3.05) is 0 Å². The van der Waals surface area contributed by atoms with Crippen LogP contribution in [-0.4, -0.2) is 37.6 Å². The molecule has 3 heterocycles. The van der Waals surface area contributed by atoms with E-state index in [0.717, 1.165) is 50.2 Å². The van der Waals surface area contributed by atoms with Crippen LogP contribution >= 0.6 is 0 Å². The van der Waals surface area contributed by atoms with E-state index in [1.165, 1.54) is 49.3 Å². The Labute approximate surface area is 420 Å². The van der Waals surface area contributed by atoms with Crippen LogP contribution in [-0.2, 0) is 5.41 Å². The molecule has 13 rings (SSSR count). The highest BCUT2D eigenvalue weighted by atomic mass is 28.3. The molecule has 0 atom stereocenters. The molecule has 0 saturated heterocycles. The van der Waals surface area contributed by atoms with E-state index in [2.05, 4.69) is 218 Å². The Bertz CT molecular complexity index is 3980. The van der Waals surface area contributed by atoms with Crippen LogP contribution in [0.4, 0.5) is 0 Å². The Kier molecular flexibility index (Phi) is 10.3. The number of aromatic nitrogens is 6. The van der Waals surface area contributed by atoms with Gasteiger partial charge in [-0.3, -0.25) is 0 Å². The fraction of sp³-hybridized carbons (Fsp3) is 0.0615. The quantitative estimate of drug-likeness (QED) is 0.135. The van der Waals surface area contributed by atoms with Crippen molar-refractivity contribution in [1.29, 1.82) is 0 Å². The lowest BCUT2D eigenvalue weighted by Crippen LogP contribution is -2.39. The number of fused-ring (bicyclic) bond motifs is 6. The van der Waals surface area contributed by atoms with Gasteiger partial charge in [0.05, 0.1) is 30.2 Å². The standard InChI is InChI=1S/C65H48N6Si/c1-72(2,3)51-33-36-53-52-34-31-46(40-56(52)65(57(53)42-51,48-23-10-5-11-24-48)49-25-12-6-13-26-49)61-66-38-37-58(67-61)44-21-18-22-45(39-44)63-68-62(43-19-8-4-9-20-43)69-64(70-63)47-32-35-55-54-29-16-17-30-59(54)71(60(55)41-47)50-27-14-7-15-28-50/h4-42H,1-3H3. The monoisotopic (exact) mass is 940 g/mol. The van der Waals surface area contributed by atoms with E-state index in [9.17, 15) is 0 Å². The summed E-state index contributed by atoms with van der Waals surface area (Å²) in [4.78, 5) is 25.8. The van der Waals surface area contributed by atoms with Gasteiger partial charge in [0, 0.05) is 50.5 Å². The topological polar surface area (TPSA) is 69.4 Å². The van der Waals surface area contributed by atoms with Crippen LogP contribution in [0.5, 0.6) is 0 Å². The van der Waals surface area contributed by atoms with Crippen molar-refractivity contribution in [2.24, 2.45) is 0 Å². The van der Waals surface area contributed by atoms with Crippen molar-refractivity contribution in [3.8, 4) is 73.6 Å². The van der Waals surface area contributed by atoms with Gasteiger partial charge < -0.3 is 4.57 Å². The van der Waals surface area contributed by atoms with Gasteiger partial charge in [-0.25, -0.2) is 24.9 Å². The zero-order chi connectivity index (χ0) is 48.4. The lowest BCUT2D eigenvalue weighted by atomic mass is 9.67. The molecule has 6 nitrogen and oxygen atoms in total. The smallest absolute Gasteiger partial charge is 0.164 e. The zero-order valence-electron chi connectivity index (χ0n) is 40.2. The third-order valence-electron chi connectivity index (χ3n) is 14.4. The average Bonchev–Trinajstić information content (AvgIpc) is 3.93. The highest BCUT2D eigenvalue weighted by Crippen LogP contribution is 2.56. The summed E-state index contributed by atoms with van der Waals surface area (Å²) in [6.07, 6.45) is 1.87. The SMILES string of the molecule is C[Si](C)(C)c1ccc2c(c1)C(c1ccccc1)(c1ccccc1)c1cc(-c3nccc(-c4cccc(-c5nc(-c6ccccc6)nc(-c6ccc7c8ccccc8n(-c8ccccc8)c7c6)n5)c4)n3)ccc1-2. The predicted octanol–water partition coefficient (Wildman–Crippen LogP) is 15.0. The summed E-state index contributed by atoms with van der Waals surface area (Å²) in [5, 5.41) is 3.80. The lowest BCUT2D eigenvalue weighted by Gasteiger charge is -2.34. The predicted molar refractivity (Wildman–Crippen MR) is 297 cm³/mol. The number of hydrogen-bond acceptors (Lipinski definition) is 5. The van der Waals surface area contributed by atoms with Gasteiger partial charge in [0.15, 0.2) is 23.3 Å². The fourth-order valence-corrected chi connectivity index (χ4v) is 12.0. The number of para-hydroxylation sites is 2. The Morgan fingerprint density at radius 2 is 0.903 bits per heavy atom. The van der Waals surface area contributed by atoms with Gasteiger partial charge >= 0.3 is 0 Å². The minimum Gasteiger partial charge on any atom is -0.309 e. The Hall–Kier alpha value is -8.91.